The van der Waals surface area contributed by atoms with Crippen molar-refractivity contribution in [2.45, 2.75) is 37.8 Å². The molecule has 1 aromatic rings. The maximum Gasteiger partial charge on any atom is 0.270 e. The van der Waals surface area contributed by atoms with Crippen LogP contribution in [0.15, 0.2) is 22.7 Å². The smallest absolute Gasteiger partial charge is 0.270 e. The fourth-order valence-electron chi connectivity index (χ4n) is 2.44. The van der Waals surface area contributed by atoms with E-state index in [-0.39, 0.29) is 5.69 Å². The minimum absolute atomic E-state index is 0.0934. The van der Waals surface area contributed by atoms with Gasteiger partial charge in [0.05, 0.1) is 11.0 Å². The summed E-state index contributed by atoms with van der Waals surface area (Å²) < 4.78 is 6.12. The third-order valence-corrected chi connectivity index (χ3v) is 4.14. The zero-order chi connectivity index (χ0) is 13.8. The van der Waals surface area contributed by atoms with E-state index in [1.54, 1.807) is 13.2 Å². The molecule has 0 amide bonds. The van der Waals surface area contributed by atoms with Crippen LogP contribution in [0.4, 0.5) is 11.4 Å². The van der Waals surface area contributed by atoms with Crippen molar-refractivity contribution < 1.29 is 9.66 Å². The molecule has 0 aliphatic heterocycles. The van der Waals surface area contributed by atoms with Crippen LogP contribution in [0.5, 0.6) is 0 Å². The number of rotatable bonds is 4. The Bertz CT molecular complexity index is 467. The first kappa shape index (κ1) is 14.3. The number of ether oxygens (including phenoxy) is 1. The van der Waals surface area contributed by atoms with E-state index in [4.69, 9.17) is 4.74 Å². The molecule has 1 aromatic carbocycles. The van der Waals surface area contributed by atoms with Crippen molar-refractivity contribution in [3.8, 4) is 0 Å². The number of hydrogen-bond donors (Lipinski definition) is 1. The molecule has 19 heavy (non-hydrogen) atoms. The molecular weight excluding hydrogens is 312 g/mol. The predicted octanol–water partition coefficient (Wildman–Crippen LogP) is 3.73. The third kappa shape index (κ3) is 3.67. The number of non-ortho nitro benzene ring substituents is 1. The van der Waals surface area contributed by atoms with Crippen molar-refractivity contribution in [2.75, 3.05) is 12.4 Å². The van der Waals surface area contributed by atoms with E-state index in [9.17, 15) is 10.1 Å². The zero-order valence-corrected chi connectivity index (χ0v) is 12.4. The molecular formula is C13H17BrN2O3. The molecule has 0 radical (unpaired) electrons. The average molecular weight is 329 g/mol. The standard InChI is InChI=1S/C13H17BrN2O3/c1-19-11-4-2-3-9(7-11)15-13-6-5-10(16(17)18)8-12(13)14/h5-6,8-9,11,15H,2-4,7H2,1H3. The second-order valence-corrected chi connectivity index (χ2v) is 5.64. The van der Waals surface area contributed by atoms with E-state index in [0.29, 0.717) is 12.1 Å². The van der Waals surface area contributed by atoms with E-state index in [0.717, 1.165) is 35.8 Å². The quantitative estimate of drug-likeness (QED) is 0.675. The van der Waals surface area contributed by atoms with Gasteiger partial charge in [-0.05, 0) is 47.7 Å². The van der Waals surface area contributed by atoms with Gasteiger partial charge < -0.3 is 10.1 Å². The Morgan fingerprint density at radius 2 is 2.26 bits per heavy atom. The molecule has 6 heteroatoms. The molecule has 2 rings (SSSR count). The minimum Gasteiger partial charge on any atom is -0.381 e. The van der Waals surface area contributed by atoms with Crippen LogP contribution >= 0.6 is 15.9 Å². The summed E-state index contributed by atoms with van der Waals surface area (Å²) in [6, 6.07) is 5.15. The summed E-state index contributed by atoms with van der Waals surface area (Å²) in [6.45, 7) is 0. The monoisotopic (exact) mass is 328 g/mol. The largest absolute Gasteiger partial charge is 0.381 e. The lowest BCUT2D eigenvalue weighted by Gasteiger charge is -2.29. The van der Waals surface area contributed by atoms with Gasteiger partial charge in [-0.1, -0.05) is 0 Å². The second kappa shape index (κ2) is 6.34. The highest BCUT2D eigenvalue weighted by atomic mass is 79.9. The molecule has 1 saturated carbocycles. The molecule has 2 unspecified atom stereocenters. The topological polar surface area (TPSA) is 64.4 Å². The van der Waals surface area contributed by atoms with Crippen LogP contribution in [0.1, 0.15) is 25.7 Å². The van der Waals surface area contributed by atoms with Crippen LogP contribution in [0.25, 0.3) is 0 Å². The van der Waals surface area contributed by atoms with Gasteiger partial charge in [0.2, 0.25) is 0 Å². The highest BCUT2D eigenvalue weighted by Gasteiger charge is 2.22. The van der Waals surface area contributed by atoms with Crippen LogP contribution in [-0.2, 0) is 4.74 Å². The lowest BCUT2D eigenvalue weighted by atomic mass is 9.92. The van der Waals surface area contributed by atoms with E-state index < -0.39 is 4.92 Å². The molecule has 1 N–H and O–H groups in total. The van der Waals surface area contributed by atoms with Gasteiger partial charge >= 0.3 is 0 Å². The summed E-state index contributed by atoms with van der Waals surface area (Å²) in [5.41, 5.74) is 0.989. The van der Waals surface area contributed by atoms with E-state index in [1.165, 1.54) is 12.1 Å². The molecule has 1 aliphatic rings. The SMILES string of the molecule is COC1CCCC(Nc2ccc([N+](=O)[O-])cc2Br)C1. The maximum atomic E-state index is 10.7. The van der Waals surface area contributed by atoms with Crippen molar-refractivity contribution in [3.63, 3.8) is 0 Å². The van der Waals surface area contributed by atoms with Crippen molar-refractivity contribution in [3.05, 3.63) is 32.8 Å². The summed E-state index contributed by atoms with van der Waals surface area (Å²) in [5.74, 6) is 0. The molecule has 0 bridgehead atoms. The lowest BCUT2D eigenvalue weighted by Crippen LogP contribution is -2.31. The van der Waals surface area contributed by atoms with Gasteiger partial charge in [0.1, 0.15) is 0 Å². The predicted molar refractivity (Wildman–Crippen MR) is 77.5 cm³/mol. The van der Waals surface area contributed by atoms with Crippen LogP contribution in [-0.4, -0.2) is 24.2 Å². The van der Waals surface area contributed by atoms with Crippen molar-refractivity contribution in [2.24, 2.45) is 0 Å². The third-order valence-electron chi connectivity index (χ3n) is 3.48. The fraction of sp³-hybridized carbons (Fsp3) is 0.538. The van der Waals surface area contributed by atoms with Gasteiger partial charge in [-0.3, -0.25) is 10.1 Å². The van der Waals surface area contributed by atoms with Crippen molar-refractivity contribution in [1.82, 2.24) is 0 Å². The molecule has 2 atom stereocenters. The first-order valence-electron chi connectivity index (χ1n) is 6.33. The minimum atomic E-state index is -0.393. The van der Waals surface area contributed by atoms with Crippen LogP contribution in [0, 0.1) is 10.1 Å². The number of halogens is 1. The Morgan fingerprint density at radius 1 is 1.47 bits per heavy atom. The molecule has 1 fully saturated rings. The van der Waals surface area contributed by atoms with Gasteiger partial charge in [0.15, 0.2) is 0 Å². The first-order valence-corrected chi connectivity index (χ1v) is 7.12. The first-order chi connectivity index (χ1) is 9.10. The molecule has 1 aliphatic carbocycles. The second-order valence-electron chi connectivity index (χ2n) is 4.79. The summed E-state index contributed by atoms with van der Waals surface area (Å²) in [4.78, 5) is 10.3. The van der Waals surface area contributed by atoms with E-state index >= 15 is 0 Å². The Kier molecular flexibility index (Phi) is 4.76. The van der Waals surface area contributed by atoms with E-state index in [1.807, 2.05) is 0 Å². The van der Waals surface area contributed by atoms with Crippen LogP contribution in [0.3, 0.4) is 0 Å². The number of anilines is 1. The highest BCUT2D eigenvalue weighted by molar-refractivity contribution is 9.10. The summed E-state index contributed by atoms with van der Waals surface area (Å²) in [6.07, 6.45) is 4.63. The molecule has 5 nitrogen and oxygen atoms in total. The normalized spacial score (nSPS) is 23.1. The maximum absolute atomic E-state index is 10.7. The molecule has 0 aromatic heterocycles. The van der Waals surface area contributed by atoms with Gasteiger partial charge in [-0.2, -0.15) is 0 Å². The fourth-order valence-corrected chi connectivity index (χ4v) is 2.93. The Balaban J connectivity index is 2.04. The summed E-state index contributed by atoms with van der Waals surface area (Å²) in [5, 5.41) is 14.1. The average Bonchev–Trinajstić information content (AvgIpc) is 2.41. The summed E-state index contributed by atoms with van der Waals surface area (Å²) >= 11 is 3.38. The van der Waals surface area contributed by atoms with Gasteiger partial charge in [-0.25, -0.2) is 0 Å². The summed E-state index contributed by atoms with van der Waals surface area (Å²) in [7, 11) is 1.74. The van der Waals surface area contributed by atoms with Crippen molar-refractivity contribution in [1.29, 1.82) is 0 Å². The van der Waals surface area contributed by atoms with Gasteiger partial charge in [0, 0.05) is 35.4 Å². The molecule has 0 spiro atoms. The van der Waals surface area contributed by atoms with Crippen LogP contribution in [0.2, 0.25) is 0 Å². The molecule has 0 heterocycles. The van der Waals surface area contributed by atoms with Gasteiger partial charge in [0.25, 0.3) is 5.69 Å². The highest BCUT2D eigenvalue weighted by Crippen LogP contribution is 2.30. The Morgan fingerprint density at radius 3 is 2.89 bits per heavy atom. The number of hydrogen-bond acceptors (Lipinski definition) is 4. The lowest BCUT2D eigenvalue weighted by molar-refractivity contribution is -0.384. The number of nitro groups is 1. The number of benzene rings is 1. The van der Waals surface area contributed by atoms with E-state index in [2.05, 4.69) is 21.2 Å². The Hall–Kier alpha value is -1.14. The number of nitrogens with zero attached hydrogens (tertiary/aromatic N) is 1. The molecule has 104 valence electrons. The number of methoxy groups -OCH3 is 1. The van der Waals surface area contributed by atoms with Crippen molar-refractivity contribution >= 4 is 27.3 Å². The van der Waals surface area contributed by atoms with Crippen LogP contribution < -0.4 is 5.32 Å². The number of nitro benzene ring substituents is 1. The number of nitrogens with one attached hydrogen (secondary N) is 1. The Labute approximate surface area is 120 Å². The zero-order valence-electron chi connectivity index (χ0n) is 10.8. The van der Waals surface area contributed by atoms with Gasteiger partial charge in [-0.15, -0.1) is 0 Å². The molecule has 0 saturated heterocycles.